The maximum atomic E-state index is 13.3. The van der Waals surface area contributed by atoms with E-state index in [1.165, 1.54) is 0 Å². The van der Waals surface area contributed by atoms with E-state index in [1.54, 1.807) is 27.8 Å². The number of ether oxygens (including phenoxy) is 2. The summed E-state index contributed by atoms with van der Waals surface area (Å²) in [5, 5.41) is 2.69. The largest absolute Gasteiger partial charge is 0.516 e. The number of primary amides is 1. The van der Waals surface area contributed by atoms with Gasteiger partial charge >= 0.3 is 12.2 Å². The highest BCUT2D eigenvalue weighted by Gasteiger charge is 2.46. The molecule has 0 unspecified atom stereocenters. The Morgan fingerprint density at radius 2 is 1.54 bits per heavy atom. The standard InChI is InChI=1S/C27H37N3O5/c1-27(2,3)35-26(33)30(4,19-17-21-12-7-5-8-13-21)23(24(28)31)16-11-18-29-25(32)34-20-22-14-9-6-10-15-22/h5-10,12-15,23H,11,16-20H2,1-4H3,(H2-,28,29,31,32)/p+1/t23-,30+/m0/s1. The van der Waals surface area contributed by atoms with Crippen LogP contribution in [0.25, 0.3) is 0 Å². The third-order valence-electron chi connectivity index (χ3n) is 5.67. The van der Waals surface area contributed by atoms with E-state index in [9.17, 15) is 14.4 Å². The summed E-state index contributed by atoms with van der Waals surface area (Å²) in [7, 11) is 1.69. The van der Waals surface area contributed by atoms with Crippen molar-refractivity contribution in [1.29, 1.82) is 0 Å². The summed E-state index contributed by atoms with van der Waals surface area (Å²) in [6.07, 6.45) is 0.268. The van der Waals surface area contributed by atoms with E-state index in [0.29, 0.717) is 25.8 Å². The van der Waals surface area contributed by atoms with E-state index < -0.39 is 29.7 Å². The Kier molecular flexibility index (Phi) is 10.3. The van der Waals surface area contributed by atoms with Crippen molar-refractivity contribution in [2.24, 2.45) is 5.73 Å². The second-order valence-electron chi connectivity index (χ2n) is 9.76. The number of carbonyl (C=O) groups is 3. The first kappa shape index (κ1) is 27.9. The monoisotopic (exact) mass is 484 g/mol. The van der Waals surface area contributed by atoms with Gasteiger partial charge in [-0.15, -0.1) is 0 Å². The fourth-order valence-electron chi connectivity index (χ4n) is 3.71. The van der Waals surface area contributed by atoms with E-state index in [1.807, 2.05) is 60.7 Å². The Bertz CT molecular complexity index is 960. The quantitative estimate of drug-likeness (QED) is 0.368. The highest BCUT2D eigenvalue weighted by atomic mass is 16.6. The fraction of sp³-hybridized carbons (Fsp3) is 0.444. The first-order valence-electron chi connectivity index (χ1n) is 11.9. The molecule has 8 nitrogen and oxygen atoms in total. The van der Waals surface area contributed by atoms with E-state index in [2.05, 4.69) is 5.32 Å². The lowest BCUT2D eigenvalue weighted by Crippen LogP contribution is -2.63. The molecule has 0 heterocycles. The number of benzene rings is 2. The number of rotatable bonds is 11. The maximum absolute atomic E-state index is 13.3. The number of carbonyl (C=O) groups excluding carboxylic acids is 3. The summed E-state index contributed by atoms with van der Waals surface area (Å²) in [5.41, 5.74) is 7.00. The average molecular weight is 485 g/mol. The molecule has 2 rings (SSSR count). The predicted octanol–water partition coefficient (Wildman–Crippen LogP) is 4.17. The van der Waals surface area contributed by atoms with E-state index in [-0.39, 0.29) is 17.6 Å². The van der Waals surface area contributed by atoms with Crippen LogP contribution in [0.2, 0.25) is 0 Å². The van der Waals surface area contributed by atoms with Crippen molar-refractivity contribution >= 4 is 18.1 Å². The van der Waals surface area contributed by atoms with Crippen molar-refractivity contribution in [3.05, 3.63) is 71.8 Å². The van der Waals surface area contributed by atoms with Crippen LogP contribution in [0.5, 0.6) is 0 Å². The van der Waals surface area contributed by atoms with Gasteiger partial charge in [0.1, 0.15) is 12.2 Å². The average Bonchev–Trinajstić information content (AvgIpc) is 2.81. The molecule has 0 fully saturated rings. The lowest BCUT2D eigenvalue weighted by Gasteiger charge is -2.38. The summed E-state index contributed by atoms with van der Waals surface area (Å²) < 4.78 is 10.6. The van der Waals surface area contributed by atoms with Gasteiger partial charge in [-0.3, -0.25) is 4.79 Å². The third kappa shape index (κ3) is 9.41. The van der Waals surface area contributed by atoms with Crippen LogP contribution in [0.4, 0.5) is 9.59 Å². The first-order chi connectivity index (χ1) is 16.5. The van der Waals surface area contributed by atoms with Crippen molar-refractivity contribution in [1.82, 2.24) is 5.32 Å². The van der Waals surface area contributed by atoms with Crippen LogP contribution in [-0.4, -0.2) is 54.4 Å². The van der Waals surface area contributed by atoms with Crippen molar-refractivity contribution in [3.8, 4) is 0 Å². The molecule has 0 aliphatic carbocycles. The van der Waals surface area contributed by atoms with Gasteiger partial charge in [0.2, 0.25) is 0 Å². The molecule has 190 valence electrons. The number of likely N-dealkylation sites (N-methyl/N-ethyl adjacent to an activating group) is 1. The second kappa shape index (κ2) is 12.9. The lowest BCUT2D eigenvalue weighted by atomic mass is 10.0. The first-order valence-corrected chi connectivity index (χ1v) is 11.9. The third-order valence-corrected chi connectivity index (χ3v) is 5.67. The molecule has 35 heavy (non-hydrogen) atoms. The van der Waals surface area contributed by atoms with Crippen LogP contribution >= 0.6 is 0 Å². The number of quaternary nitrogens is 1. The molecular weight excluding hydrogens is 446 g/mol. The zero-order valence-electron chi connectivity index (χ0n) is 21.2. The van der Waals surface area contributed by atoms with Crippen LogP contribution < -0.4 is 11.1 Å². The molecular formula is C27H38N3O5+. The highest BCUT2D eigenvalue weighted by molar-refractivity contribution is 5.80. The van der Waals surface area contributed by atoms with Crippen LogP contribution in [0.3, 0.4) is 0 Å². The molecule has 0 aliphatic rings. The molecule has 0 saturated carbocycles. The molecule has 2 atom stereocenters. The molecule has 8 heteroatoms. The number of hydrogen-bond donors (Lipinski definition) is 2. The van der Waals surface area contributed by atoms with Crippen LogP contribution in [0.1, 0.15) is 44.7 Å². The van der Waals surface area contributed by atoms with Gasteiger partial charge < -0.3 is 20.5 Å². The van der Waals surface area contributed by atoms with Gasteiger partial charge in [-0.1, -0.05) is 60.7 Å². The van der Waals surface area contributed by atoms with Crippen LogP contribution in [0.15, 0.2) is 60.7 Å². The summed E-state index contributed by atoms with van der Waals surface area (Å²) in [4.78, 5) is 37.8. The summed E-state index contributed by atoms with van der Waals surface area (Å²) in [6.45, 7) is 6.16. The van der Waals surface area contributed by atoms with Gasteiger partial charge in [-0.2, -0.15) is 4.79 Å². The van der Waals surface area contributed by atoms with Gasteiger partial charge in [0.05, 0.1) is 13.6 Å². The number of nitrogens with two attached hydrogens (primary N) is 1. The van der Waals surface area contributed by atoms with E-state index in [0.717, 1.165) is 11.1 Å². The fourth-order valence-corrected chi connectivity index (χ4v) is 3.71. The molecule has 0 bridgehead atoms. The number of nitrogens with one attached hydrogen (secondary N) is 1. The highest BCUT2D eigenvalue weighted by Crippen LogP contribution is 2.22. The zero-order chi connectivity index (χ0) is 25.9. The minimum atomic E-state index is -0.810. The van der Waals surface area contributed by atoms with Gasteiger partial charge in [0.15, 0.2) is 6.04 Å². The number of nitrogens with zero attached hydrogens (tertiary/aromatic N) is 1. The minimum absolute atomic E-state index is 0.170. The second-order valence-corrected chi connectivity index (χ2v) is 9.76. The summed E-state index contributed by atoms with van der Waals surface area (Å²) in [5.74, 6) is -0.585. The maximum Gasteiger partial charge on any atom is 0.516 e. The lowest BCUT2D eigenvalue weighted by molar-refractivity contribution is -0.855. The molecule has 2 aromatic rings. The van der Waals surface area contributed by atoms with Gasteiger partial charge in [-0.25, -0.2) is 9.28 Å². The molecule has 0 radical (unpaired) electrons. The smallest absolute Gasteiger partial charge is 0.445 e. The Hall–Kier alpha value is -3.39. The van der Waals surface area contributed by atoms with E-state index in [4.69, 9.17) is 15.2 Å². The number of amides is 3. The topological polar surface area (TPSA) is 108 Å². The summed E-state index contributed by atoms with van der Waals surface area (Å²) >= 11 is 0. The van der Waals surface area contributed by atoms with Gasteiger partial charge in [0.25, 0.3) is 5.91 Å². The molecule has 0 aliphatic heterocycles. The van der Waals surface area contributed by atoms with E-state index >= 15 is 0 Å². The molecule has 0 aromatic heterocycles. The minimum Gasteiger partial charge on any atom is -0.445 e. The normalized spacial score (nSPS) is 13.8. The Morgan fingerprint density at radius 3 is 2.09 bits per heavy atom. The molecule has 3 amide bonds. The van der Waals surface area contributed by atoms with Crippen LogP contribution in [-0.2, 0) is 27.3 Å². The Labute approximate surface area is 208 Å². The molecule has 0 saturated heterocycles. The molecule has 0 spiro atoms. The van der Waals surface area contributed by atoms with Crippen molar-refractivity contribution in [2.75, 3.05) is 20.1 Å². The summed E-state index contributed by atoms with van der Waals surface area (Å²) in [6, 6.07) is 18.3. The molecule has 2 aromatic carbocycles. The van der Waals surface area contributed by atoms with Gasteiger partial charge in [-0.05, 0) is 38.3 Å². The van der Waals surface area contributed by atoms with Crippen molar-refractivity contribution in [2.45, 2.75) is 58.3 Å². The SMILES string of the molecule is CC(C)(C)OC(=O)[N@+](C)(CCc1ccccc1)[C@@H](CCCNC(=O)OCc1ccccc1)C(N)=O. The van der Waals surface area contributed by atoms with Crippen LogP contribution in [0, 0.1) is 0 Å². The van der Waals surface area contributed by atoms with Crippen molar-refractivity contribution < 1.29 is 28.3 Å². The van der Waals surface area contributed by atoms with Crippen molar-refractivity contribution in [3.63, 3.8) is 0 Å². The Balaban J connectivity index is 2.00. The predicted molar refractivity (Wildman–Crippen MR) is 134 cm³/mol. The zero-order valence-corrected chi connectivity index (χ0v) is 21.2. The molecule has 3 N–H and O–H groups in total. The Morgan fingerprint density at radius 1 is 0.971 bits per heavy atom. The van der Waals surface area contributed by atoms with Gasteiger partial charge in [0, 0.05) is 19.4 Å². The number of alkyl carbamates (subject to hydrolysis) is 1. The number of hydrogen-bond acceptors (Lipinski definition) is 5.